The van der Waals surface area contributed by atoms with Gasteiger partial charge in [0.25, 0.3) is 0 Å². The van der Waals surface area contributed by atoms with Crippen LogP contribution in [-0.4, -0.2) is 41.6 Å². The highest BCUT2D eigenvalue weighted by Crippen LogP contribution is 2.61. The van der Waals surface area contributed by atoms with Gasteiger partial charge in [0.15, 0.2) is 9.84 Å². The fourth-order valence-electron chi connectivity index (χ4n) is 2.84. The molecule has 0 amide bonds. The number of aliphatic hydroxyl groups excluding tert-OH is 1. The Morgan fingerprint density at radius 3 is 2.52 bits per heavy atom. The van der Waals surface area contributed by atoms with Crippen LogP contribution in [0.5, 0.6) is 5.75 Å². The Labute approximate surface area is 148 Å². The summed E-state index contributed by atoms with van der Waals surface area (Å²) in [7, 11) is -6.92. The van der Waals surface area contributed by atoms with Crippen molar-refractivity contribution in [2.24, 2.45) is 0 Å². The van der Waals surface area contributed by atoms with Gasteiger partial charge >= 0.3 is 0 Å². The monoisotopic (exact) mass is 384 g/mol. The number of aliphatic hydroxyl groups is 1. The molecule has 0 fully saturated rings. The lowest BCUT2D eigenvalue weighted by Crippen LogP contribution is -2.15. The van der Waals surface area contributed by atoms with Crippen LogP contribution in [0.15, 0.2) is 58.3 Å². The molecular formula is C17H20O6S2. The second-order valence-corrected chi connectivity index (χ2v) is 10.0. The summed E-state index contributed by atoms with van der Waals surface area (Å²) in [6.45, 7) is 0.290. The minimum Gasteiger partial charge on any atom is -0.493 e. The van der Waals surface area contributed by atoms with Crippen molar-refractivity contribution in [1.82, 2.24) is 0 Å². The van der Waals surface area contributed by atoms with E-state index in [-0.39, 0.29) is 22.2 Å². The predicted molar refractivity (Wildman–Crippen MR) is 96.0 cm³/mol. The molecule has 8 heteroatoms. The zero-order chi connectivity index (χ0) is 18.1. The van der Waals surface area contributed by atoms with E-state index in [9.17, 15) is 17.5 Å². The Kier molecular flexibility index (Phi) is 5.08. The molecule has 0 saturated carbocycles. The first-order valence-corrected chi connectivity index (χ1v) is 11.0. The van der Waals surface area contributed by atoms with Gasteiger partial charge in [0, 0.05) is 13.0 Å². The van der Waals surface area contributed by atoms with Crippen molar-refractivity contribution in [3.05, 3.63) is 54.1 Å². The van der Waals surface area contributed by atoms with Crippen molar-refractivity contribution < 1.29 is 27.4 Å². The Balaban J connectivity index is 2.00. The fraction of sp³-hybridized carbons (Fsp3) is 0.294. The highest BCUT2D eigenvalue weighted by molar-refractivity contribution is 8.25. The molecule has 1 aliphatic heterocycles. The van der Waals surface area contributed by atoms with Crippen LogP contribution in [0.3, 0.4) is 0 Å². The summed E-state index contributed by atoms with van der Waals surface area (Å²) in [5, 5.41) is 7.79. The van der Waals surface area contributed by atoms with Crippen molar-refractivity contribution in [3.63, 3.8) is 0 Å². The van der Waals surface area contributed by atoms with Gasteiger partial charge in [-0.2, -0.15) is 10.6 Å². The zero-order valence-corrected chi connectivity index (χ0v) is 15.0. The standard InChI is InChI=1S/C17H20O6S2/c18-9-4-10-23-13-7-8-16-15(11-13)17(12-24(16,19)20)25(21,22)14-5-2-1-3-6-14/h1-3,5-8,11,17-20H,4,9-10,12H2. The van der Waals surface area contributed by atoms with Crippen molar-refractivity contribution in [2.75, 3.05) is 19.0 Å². The minimum atomic E-state index is -3.76. The Morgan fingerprint density at radius 2 is 1.84 bits per heavy atom. The van der Waals surface area contributed by atoms with Crippen LogP contribution < -0.4 is 4.74 Å². The topological polar surface area (TPSA) is 104 Å². The second-order valence-electron chi connectivity index (χ2n) is 5.81. The highest BCUT2D eigenvalue weighted by atomic mass is 32.3. The third-order valence-electron chi connectivity index (χ3n) is 4.08. The van der Waals surface area contributed by atoms with Gasteiger partial charge in [0.05, 0.1) is 22.2 Å². The largest absolute Gasteiger partial charge is 0.493 e. The molecule has 0 saturated heterocycles. The molecule has 0 bridgehead atoms. The maximum Gasteiger partial charge on any atom is 0.187 e. The van der Waals surface area contributed by atoms with Crippen LogP contribution in [-0.2, 0) is 9.84 Å². The van der Waals surface area contributed by atoms with E-state index in [1.54, 1.807) is 30.3 Å². The molecule has 1 atom stereocenters. The molecule has 1 aliphatic rings. The van der Waals surface area contributed by atoms with E-state index in [0.717, 1.165) is 0 Å². The van der Waals surface area contributed by atoms with Crippen LogP contribution in [0.4, 0.5) is 0 Å². The van der Waals surface area contributed by atoms with Gasteiger partial charge in [0.2, 0.25) is 0 Å². The van der Waals surface area contributed by atoms with Gasteiger partial charge in [-0.3, -0.25) is 9.11 Å². The lowest BCUT2D eigenvalue weighted by atomic mass is 10.1. The zero-order valence-electron chi connectivity index (χ0n) is 13.4. The van der Waals surface area contributed by atoms with E-state index in [0.29, 0.717) is 24.3 Å². The van der Waals surface area contributed by atoms with Gasteiger partial charge in [-0.05, 0) is 35.9 Å². The van der Waals surface area contributed by atoms with Crippen LogP contribution in [0, 0.1) is 0 Å². The van der Waals surface area contributed by atoms with Crippen LogP contribution >= 0.6 is 10.6 Å². The molecule has 2 aromatic carbocycles. The maximum atomic E-state index is 13.0. The van der Waals surface area contributed by atoms with Crippen molar-refractivity contribution >= 4 is 20.4 Å². The van der Waals surface area contributed by atoms with Gasteiger partial charge in [-0.25, -0.2) is 8.42 Å². The smallest absolute Gasteiger partial charge is 0.187 e. The highest BCUT2D eigenvalue weighted by Gasteiger charge is 2.43. The van der Waals surface area contributed by atoms with Crippen LogP contribution in [0.1, 0.15) is 17.2 Å². The summed E-state index contributed by atoms with van der Waals surface area (Å²) < 4.78 is 52.1. The normalized spacial score (nSPS) is 20.0. The molecular weight excluding hydrogens is 364 g/mol. The second kappa shape index (κ2) is 6.97. The summed E-state index contributed by atoms with van der Waals surface area (Å²) in [4.78, 5) is 0.404. The van der Waals surface area contributed by atoms with Crippen molar-refractivity contribution in [1.29, 1.82) is 0 Å². The number of sulfone groups is 1. The third kappa shape index (κ3) is 3.54. The van der Waals surface area contributed by atoms with E-state index >= 15 is 0 Å². The summed E-state index contributed by atoms with van der Waals surface area (Å²) >= 11 is 0. The Bertz CT molecular complexity index is 849. The molecule has 6 nitrogen and oxygen atoms in total. The van der Waals surface area contributed by atoms with Crippen LogP contribution in [0.25, 0.3) is 0 Å². The summed E-state index contributed by atoms with van der Waals surface area (Å²) in [6, 6.07) is 12.6. The van der Waals surface area contributed by atoms with Crippen molar-refractivity contribution in [2.45, 2.75) is 21.5 Å². The molecule has 25 heavy (non-hydrogen) atoms. The van der Waals surface area contributed by atoms with Crippen LogP contribution in [0.2, 0.25) is 0 Å². The molecule has 136 valence electrons. The fourth-order valence-corrected chi connectivity index (χ4v) is 7.24. The lowest BCUT2D eigenvalue weighted by molar-refractivity contribution is 0.233. The molecule has 0 aliphatic carbocycles. The molecule has 1 heterocycles. The number of ether oxygens (including phenoxy) is 1. The third-order valence-corrected chi connectivity index (χ3v) is 8.27. The number of rotatable bonds is 6. The predicted octanol–water partition coefficient (Wildman–Crippen LogP) is 3.09. The first kappa shape index (κ1) is 18.2. The Morgan fingerprint density at radius 1 is 1.12 bits per heavy atom. The number of benzene rings is 2. The van der Waals surface area contributed by atoms with E-state index in [1.165, 1.54) is 18.2 Å². The van der Waals surface area contributed by atoms with Gasteiger partial charge in [0.1, 0.15) is 11.0 Å². The summed E-state index contributed by atoms with van der Waals surface area (Å²) in [6.07, 6.45) is 0.456. The molecule has 3 N–H and O–H groups in total. The van der Waals surface area contributed by atoms with E-state index in [1.807, 2.05) is 0 Å². The molecule has 0 radical (unpaired) electrons. The number of hydrogen-bond acceptors (Lipinski definition) is 6. The van der Waals surface area contributed by atoms with Gasteiger partial charge < -0.3 is 9.84 Å². The first-order chi connectivity index (χ1) is 11.9. The lowest BCUT2D eigenvalue weighted by Gasteiger charge is -2.27. The Hall–Kier alpha value is -1.58. The molecule has 0 aromatic heterocycles. The maximum absolute atomic E-state index is 13.0. The average molecular weight is 384 g/mol. The van der Waals surface area contributed by atoms with E-state index in [4.69, 9.17) is 9.84 Å². The average Bonchev–Trinajstić information content (AvgIpc) is 2.87. The molecule has 3 rings (SSSR count). The van der Waals surface area contributed by atoms with Gasteiger partial charge in [-0.15, -0.1) is 0 Å². The molecule has 0 spiro atoms. The first-order valence-electron chi connectivity index (χ1n) is 7.79. The quantitative estimate of drug-likeness (QED) is 0.661. The summed E-state index contributed by atoms with van der Waals surface area (Å²) in [5.41, 5.74) is 0.366. The van der Waals surface area contributed by atoms with Crippen molar-refractivity contribution in [3.8, 4) is 5.75 Å². The van der Waals surface area contributed by atoms with E-state index in [2.05, 4.69) is 0 Å². The SMILES string of the molecule is O=S(=O)(c1ccccc1)C1CS(O)(O)c2ccc(OCCCO)cc21. The van der Waals surface area contributed by atoms with Gasteiger partial charge in [-0.1, -0.05) is 18.2 Å². The van der Waals surface area contributed by atoms with E-state index < -0.39 is 25.7 Å². The summed E-state index contributed by atoms with van der Waals surface area (Å²) in [5.74, 6) is 0.192. The minimum absolute atomic E-state index is 0.00348. The molecule has 1 unspecified atom stereocenters. The molecule has 2 aromatic rings. The number of fused-ring (bicyclic) bond motifs is 1. The number of hydrogen-bond donors (Lipinski definition) is 3.